The number of carboxylic acid groups (broad SMARTS) is 1. The molecule has 0 amide bonds. The zero-order valence-electron chi connectivity index (χ0n) is 11.2. The highest BCUT2D eigenvalue weighted by Crippen LogP contribution is 2.29. The van der Waals surface area contributed by atoms with Gasteiger partial charge in [0, 0.05) is 19.2 Å². The van der Waals surface area contributed by atoms with Crippen molar-refractivity contribution in [1.82, 2.24) is 4.31 Å². The molecule has 114 valence electrons. The van der Waals surface area contributed by atoms with Gasteiger partial charge in [0.1, 0.15) is 5.75 Å². The molecular weight excluding hydrogens is 318 g/mol. The van der Waals surface area contributed by atoms with Gasteiger partial charge in [-0.3, -0.25) is 4.79 Å². The third-order valence-electron chi connectivity index (χ3n) is 3.16. The van der Waals surface area contributed by atoms with E-state index in [1.54, 1.807) is 0 Å². The highest BCUT2D eigenvalue weighted by Gasteiger charge is 2.31. The van der Waals surface area contributed by atoms with Crippen molar-refractivity contribution in [2.24, 2.45) is 5.92 Å². The van der Waals surface area contributed by atoms with Gasteiger partial charge >= 0.3 is 5.97 Å². The molecule has 1 aromatic rings. The molecule has 1 aliphatic heterocycles. The standard InChI is InChI=1S/C13H14ClNO5S/c1-20-12-7-10(4-5-11(12)14)21(18,19)15-6-2-3-9(8-15)13(16)17/h2-5,7,9H,6,8H2,1H3,(H,16,17). The van der Waals surface area contributed by atoms with Gasteiger partial charge in [0.25, 0.3) is 0 Å². The van der Waals surface area contributed by atoms with Crippen LogP contribution in [0.5, 0.6) is 5.75 Å². The summed E-state index contributed by atoms with van der Waals surface area (Å²) in [5.74, 6) is -1.65. The summed E-state index contributed by atoms with van der Waals surface area (Å²) in [7, 11) is -2.41. The van der Waals surface area contributed by atoms with Crippen molar-refractivity contribution in [2.45, 2.75) is 4.90 Å². The van der Waals surface area contributed by atoms with Gasteiger partial charge in [-0.25, -0.2) is 8.42 Å². The van der Waals surface area contributed by atoms with Crippen LogP contribution in [0.2, 0.25) is 5.02 Å². The Morgan fingerprint density at radius 2 is 2.19 bits per heavy atom. The van der Waals surface area contributed by atoms with Gasteiger partial charge in [-0.1, -0.05) is 23.8 Å². The number of nitrogens with zero attached hydrogens (tertiary/aromatic N) is 1. The van der Waals surface area contributed by atoms with E-state index in [0.29, 0.717) is 5.02 Å². The minimum absolute atomic E-state index is 0.0168. The first-order chi connectivity index (χ1) is 9.86. The normalized spacial score (nSPS) is 19.4. The smallest absolute Gasteiger partial charge is 0.311 e. The molecule has 0 saturated heterocycles. The van der Waals surface area contributed by atoms with Crippen LogP contribution in [-0.2, 0) is 14.8 Å². The Morgan fingerprint density at radius 3 is 2.81 bits per heavy atom. The van der Waals surface area contributed by atoms with E-state index in [1.165, 1.54) is 37.5 Å². The van der Waals surface area contributed by atoms with Gasteiger partial charge in [0.05, 0.1) is 22.9 Å². The minimum atomic E-state index is -3.80. The molecule has 0 aromatic heterocycles. The fraction of sp³-hybridized carbons (Fsp3) is 0.308. The predicted octanol–water partition coefficient (Wildman–Crippen LogP) is 1.61. The van der Waals surface area contributed by atoms with Crippen LogP contribution in [0.15, 0.2) is 35.2 Å². The van der Waals surface area contributed by atoms with E-state index in [9.17, 15) is 13.2 Å². The van der Waals surface area contributed by atoms with E-state index >= 15 is 0 Å². The molecule has 0 aliphatic carbocycles. The van der Waals surface area contributed by atoms with Crippen molar-refractivity contribution in [2.75, 3.05) is 20.2 Å². The summed E-state index contributed by atoms with van der Waals surface area (Å²) in [6.45, 7) is 0.0379. The molecule has 1 atom stereocenters. The molecule has 0 radical (unpaired) electrons. The van der Waals surface area contributed by atoms with Gasteiger partial charge in [-0.2, -0.15) is 4.31 Å². The first-order valence-electron chi connectivity index (χ1n) is 6.09. The number of carbonyl (C=O) groups is 1. The number of methoxy groups -OCH3 is 1. The summed E-state index contributed by atoms with van der Waals surface area (Å²) in [6.07, 6.45) is 3.03. The monoisotopic (exact) mass is 331 g/mol. The molecule has 1 aliphatic rings. The lowest BCUT2D eigenvalue weighted by atomic mass is 10.1. The van der Waals surface area contributed by atoms with Crippen molar-refractivity contribution in [3.05, 3.63) is 35.4 Å². The Labute approximate surface area is 127 Å². The van der Waals surface area contributed by atoms with Crippen molar-refractivity contribution >= 4 is 27.6 Å². The van der Waals surface area contributed by atoms with Gasteiger partial charge < -0.3 is 9.84 Å². The molecule has 8 heteroatoms. The van der Waals surface area contributed by atoms with Crippen LogP contribution >= 0.6 is 11.6 Å². The van der Waals surface area contributed by atoms with Crippen molar-refractivity contribution in [1.29, 1.82) is 0 Å². The molecule has 0 bridgehead atoms. The molecule has 0 saturated carbocycles. The second-order valence-electron chi connectivity index (χ2n) is 4.49. The number of aliphatic carboxylic acids is 1. The lowest BCUT2D eigenvalue weighted by Gasteiger charge is -2.26. The van der Waals surface area contributed by atoms with Gasteiger partial charge in [-0.05, 0) is 12.1 Å². The van der Waals surface area contributed by atoms with Crippen LogP contribution in [0.4, 0.5) is 0 Å². The molecule has 1 unspecified atom stereocenters. The second-order valence-corrected chi connectivity index (χ2v) is 6.84. The number of benzene rings is 1. The highest BCUT2D eigenvalue weighted by atomic mass is 35.5. The van der Waals surface area contributed by atoms with Gasteiger partial charge in [0.15, 0.2) is 0 Å². The van der Waals surface area contributed by atoms with E-state index in [4.69, 9.17) is 21.4 Å². The molecule has 0 fully saturated rings. The maximum absolute atomic E-state index is 12.5. The molecule has 1 heterocycles. The first kappa shape index (κ1) is 15.8. The number of carboxylic acids is 1. The molecular formula is C13H14ClNO5S. The van der Waals surface area contributed by atoms with Gasteiger partial charge in [0.2, 0.25) is 10.0 Å². The SMILES string of the molecule is COc1cc(S(=O)(=O)N2CC=CC(C(=O)O)C2)ccc1Cl. The Morgan fingerprint density at radius 1 is 1.48 bits per heavy atom. The van der Waals surface area contributed by atoms with Crippen LogP contribution in [0, 0.1) is 5.92 Å². The fourth-order valence-electron chi connectivity index (χ4n) is 2.00. The first-order valence-corrected chi connectivity index (χ1v) is 7.91. The number of hydrogen-bond donors (Lipinski definition) is 1. The third-order valence-corrected chi connectivity index (χ3v) is 5.30. The average Bonchev–Trinajstić information content (AvgIpc) is 2.47. The number of halogens is 1. The summed E-state index contributed by atoms with van der Waals surface area (Å²) in [4.78, 5) is 11.0. The Kier molecular flexibility index (Phi) is 4.55. The van der Waals surface area contributed by atoms with E-state index in [-0.39, 0.29) is 23.7 Å². The van der Waals surface area contributed by atoms with Gasteiger partial charge in [-0.15, -0.1) is 0 Å². The summed E-state index contributed by atoms with van der Waals surface area (Å²) in [5, 5.41) is 9.30. The molecule has 0 spiro atoms. The number of sulfonamides is 1. The van der Waals surface area contributed by atoms with Crippen LogP contribution in [0.3, 0.4) is 0 Å². The quantitative estimate of drug-likeness (QED) is 0.847. The Balaban J connectivity index is 2.34. The largest absolute Gasteiger partial charge is 0.495 e. The second kappa shape index (κ2) is 6.05. The van der Waals surface area contributed by atoms with Crippen LogP contribution in [-0.4, -0.2) is 44.0 Å². The lowest BCUT2D eigenvalue weighted by Crippen LogP contribution is -2.39. The Hall–Kier alpha value is -1.57. The highest BCUT2D eigenvalue weighted by molar-refractivity contribution is 7.89. The minimum Gasteiger partial charge on any atom is -0.495 e. The summed E-state index contributed by atoms with van der Waals surface area (Å²) in [6, 6.07) is 4.13. The summed E-state index contributed by atoms with van der Waals surface area (Å²) in [5.41, 5.74) is 0. The van der Waals surface area contributed by atoms with E-state index in [0.717, 1.165) is 4.31 Å². The van der Waals surface area contributed by atoms with Crippen LogP contribution in [0.1, 0.15) is 0 Å². The number of hydrogen-bond acceptors (Lipinski definition) is 4. The average molecular weight is 332 g/mol. The molecule has 1 N–H and O–H groups in total. The van der Waals surface area contributed by atoms with Crippen molar-refractivity contribution in [3.8, 4) is 5.75 Å². The molecule has 2 rings (SSSR count). The topological polar surface area (TPSA) is 83.9 Å². The van der Waals surface area contributed by atoms with E-state index < -0.39 is 21.9 Å². The van der Waals surface area contributed by atoms with E-state index in [1.807, 2.05) is 0 Å². The Bertz CT molecular complexity index is 686. The van der Waals surface area contributed by atoms with E-state index in [2.05, 4.69) is 0 Å². The number of ether oxygens (including phenoxy) is 1. The zero-order chi connectivity index (χ0) is 15.6. The molecule has 1 aromatic carbocycles. The summed E-state index contributed by atoms with van der Waals surface area (Å²) < 4.78 is 31.2. The third kappa shape index (κ3) is 3.20. The molecule has 21 heavy (non-hydrogen) atoms. The maximum atomic E-state index is 12.5. The van der Waals surface area contributed by atoms with Crippen molar-refractivity contribution in [3.63, 3.8) is 0 Å². The number of rotatable bonds is 4. The van der Waals surface area contributed by atoms with Crippen molar-refractivity contribution < 1.29 is 23.1 Å². The van der Waals surface area contributed by atoms with Crippen LogP contribution in [0.25, 0.3) is 0 Å². The fourth-order valence-corrected chi connectivity index (χ4v) is 3.63. The lowest BCUT2D eigenvalue weighted by molar-refractivity contribution is -0.140. The molecule has 6 nitrogen and oxygen atoms in total. The zero-order valence-corrected chi connectivity index (χ0v) is 12.8. The maximum Gasteiger partial charge on any atom is 0.311 e. The summed E-state index contributed by atoms with van der Waals surface area (Å²) >= 11 is 5.87. The van der Waals surface area contributed by atoms with Crippen LogP contribution < -0.4 is 4.74 Å². The predicted molar refractivity (Wildman–Crippen MR) is 77.0 cm³/mol.